The van der Waals surface area contributed by atoms with Crippen LogP contribution in [0.4, 0.5) is 0 Å². The number of carboxylic acid groups (broad SMARTS) is 1. The van der Waals surface area contributed by atoms with E-state index in [0.29, 0.717) is 31.3 Å². The smallest absolute Gasteiger partial charge is 0.333 e. The summed E-state index contributed by atoms with van der Waals surface area (Å²) in [6, 6.07) is 0. The van der Waals surface area contributed by atoms with Gasteiger partial charge in [0.25, 0.3) is 0 Å². The van der Waals surface area contributed by atoms with Crippen molar-refractivity contribution in [3.05, 3.63) is 24.3 Å². The van der Waals surface area contributed by atoms with E-state index in [1.165, 1.54) is 0 Å². The third kappa shape index (κ3) is 7.70. The Balaban J connectivity index is 0.000000200. The summed E-state index contributed by atoms with van der Waals surface area (Å²) in [4.78, 5) is 20.9. The fourth-order valence-corrected chi connectivity index (χ4v) is 1.13. The zero-order valence-electron chi connectivity index (χ0n) is 11.6. The van der Waals surface area contributed by atoms with Crippen LogP contribution in [-0.4, -0.2) is 49.1 Å². The molecule has 0 spiro atoms. The van der Waals surface area contributed by atoms with Crippen LogP contribution < -0.4 is 0 Å². The second kappa shape index (κ2) is 7.81. The van der Waals surface area contributed by atoms with E-state index in [1.54, 1.807) is 6.92 Å². The highest BCUT2D eigenvalue weighted by atomic mass is 16.6. The lowest BCUT2D eigenvalue weighted by molar-refractivity contribution is -0.139. The van der Waals surface area contributed by atoms with Crippen molar-refractivity contribution in [2.24, 2.45) is 0 Å². The van der Waals surface area contributed by atoms with E-state index < -0.39 is 5.97 Å². The fourth-order valence-electron chi connectivity index (χ4n) is 1.13. The van der Waals surface area contributed by atoms with Gasteiger partial charge in [-0.3, -0.25) is 0 Å². The van der Waals surface area contributed by atoms with Gasteiger partial charge in [-0.25, -0.2) is 9.59 Å². The predicted molar refractivity (Wildman–Crippen MR) is 71.3 cm³/mol. The molecule has 112 valence electrons. The molecular weight excluding hydrogens is 264 g/mol. The Labute approximate surface area is 118 Å². The zero-order chi connectivity index (χ0) is 15.1. The molecule has 2 heterocycles. The second-order valence-electron chi connectivity index (χ2n) is 4.74. The average molecular weight is 284 g/mol. The van der Waals surface area contributed by atoms with Gasteiger partial charge in [0, 0.05) is 11.1 Å². The summed E-state index contributed by atoms with van der Waals surface area (Å²) in [5, 5.41) is 8.37. The Morgan fingerprint density at radius 1 is 1.25 bits per heavy atom. The molecule has 2 fully saturated rings. The van der Waals surface area contributed by atoms with Crippen molar-refractivity contribution < 1.29 is 28.9 Å². The average Bonchev–Trinajstić information content (AvgIpc) is 3.27. The lowest BCUT2D eigenvalue weighted by Crippen LogP contribution is -2.09. The molecule has 2 saturated heterocycles. The quantitative estimate of drug-likeness (QED) is 0.431. The third-order valence-electron chi connectivity index (χ3n) is 2.62. The summed E-state index contributed by atoms with van der Waals surface area (Å²) in [7, 11) is 0. The molecule has 2 atom stereocenters. The molecule has 6 nitrogen and oxygen atoms in total. The minimum atomic E-state index is -0.902. The number of epoxide rings is 2. The number of rotatable bonds is 7. The molecule has 0 radical (unpaired) electrons. The minimum Gasteiger partial charge on any atom is -0.478 e. The van der Waals surface area contributed by atoms with Crippen LogP contribution in [0, 0.1) is 0 Å². The van der Waals surface area contributed by atoms with E-state index in [2.05, 4.69) is 13.2 Å². The van der Waals surface area contributed by atoms with Gasteiger partial charge in [-0.1, -0.05) is 13.2 Å². The van der Waals surface area contributed by atoms with Gasteiger partial charge in [0.1, 0.15) is 12.7 Å². The van der Waals surface area contributed by atoms with Crippen LogP contribution in [0.25, 0.3) is 0 Å². The predicted octanol–water partition coefficient (Wildman–Crippen LogP) is 1.31. The van der Waals surface area contributed by atoms with E-state index in [-0.39, 0.29) is 17.6 Å². The summed E-state index contributed by atoms with van der Waals surface area (Å²) in [6.07, 6.45) is 1.78. The molecule has 2 aliphatic heterocycles. The van der Waals surface area contributed by atoms with Gasteiger partial charge >= 0.3 is 11.9 Å². The number of aliphatic carboxylic acids is 1. The number of ether oxygens (including phenoxy) is 3. The van der Waals surface area contributed by atoms with Gasteiger partial charge in [-0.2, -0.15) is 0 Å². The first-order valence-corrected chi connectivity index (χ1v) is 6.37. The molecule has 0 bridgehead atoms. The largest absolute Gasteiger partial charge is 0.478 e. The van der Waals surface area contributed by atoms with Crippen LogP contribution in [0.3, 0.4) is 0 Å². The molecule has 6 heteroatoms. The Morgan fingerprint density at radius 2 is 1.80 bits per heavy atom. The monoisotopic (exact) mass is 284 g/mol. The summed E-state index contributed by atoms with van der Waals surface area (Å²) < 4.78 is 14.5. The first-order valence-electron chi connectivity index (χ1n) is 6.37. The Hall–Kier alpha value is -1.66. The standard InChI is InChI=1S/2C7H10O3/c1-5(2)7(8)10-4-6-3-9-6;1-5(7(8)9)2-3-6-4-10-6/h6H,1,3-4H2,2H3;6H,1-4H2,(H,8,9). The molecule has 20 heavy (non-hydrogen) atoms. The normalized spacial score (nSPS) is 22.1. The van der Waals surface area contributed by atoms with Crippen molar-refractivity contribution >= 4 is 11.9 Å². The highest BCUT2D eigenvalue weighted by molar-refractivity contribution is 5.87. The molecule has 0 aromatic carbocycles. The number of carbonyl (C=O) groups excluding carboxylic acids is 1. The van der Waals surface area contributed by atoms with Crippen molar-refractivity contribution in [3.63, 3.8) is 0 Å². The zero-order valence-corrected chi connectivity index (χ0v) is 11.6. The maximum absolute atomic E-state index is 10.7. The molecule has 0 saturated carbocycles. The number of carboxylic acids is 1. The summed E-state index contributed by atoms with van der Waals surface area (Å²) in [6.45, 7) is 10.3. The van der Waals surface area contributed by atoms with Crippen molar-refractivity contribution in [2.75, 3.05) is 19.8 Å². The molecular formula is C14H20O6. The molecule has 0 aromatic heterocycles. The van der Waals surface area contributed by atoms with Crippen LogP contribution in [-0.2, 0) is 23.8 Å². The molecule has 0 aromatic rings. The lowest BCUT2D eigenvalue weighted by atomic mass is 10.1. The highest BCUT2D eigenvalue weighted by Gasteiger charge is 2.24. The first kappa shape index (κ1) is 16.4. The summed E-state index contributed by atoms with van der Waals surface area (Å²) in [5.74, 6) is -1.24. The third-order valence-corrected chi connectivity index (χ3v) is 2.62. The van der Waals surface area contributed by atoms with Gasteiger partial charge in [-0.15, -0.1) is 0 Å². The Bertz CT molecular complexity index is 354. The number of carbonyl (C=O) groups is 2. The van der Waals surface area contributed by atoms with Gasteiger partial charge in [0.05, 0.1) is 19.3 Å². The van der Waals surface area contributed by atoms with Crippen LogP contribution in [0.1, 0.15) is 19.8 Å². The van der Waals surface area contributed by atoms with Gasteiger partial charge in [-0.05, 0) is 19.8 Å². The van der Waals surface area contributed by atoms with Crippen LogP contribution >= 0.6 is 0 Å². The number of hydrogen-bond acceptors (Lipinski definition) is 5. The molecule has 2 aliphatic rings. The van der Waals surface area contributed by atoms with Crippen molar-refractivity contribution in [2.45, 2.75) is 32.0 Å². The van der Waals surface area contributed by atoms with Crippen LogP contribution in [0.15, 0.2) is 24.3 Å². The molecule has 0 aliphatic carbocycles. The van der Waals surface area contributed by atoms with E-state index >= 15 is 0 Å². The Morgan fingerprint density at radius 3 is 2.20 bits per heavy atom. The van der Waals surface area contributed by atoms with Crippen molar-refractivity contribution in [1.29, 1.82) is 0 Å². The van der Waals surface area contributed by atoms with E-state index in [4.69, 9.17) is 19.3 Å². The maximum Gasteiger partial charge on any atom is 0.333 e. The van der Waals surface area contributed by atoms with E-state index in [9.17, 15) is 9.59 Å². The molecule has 1 N–H and O–H groups in total. The maximum atomic E-state index is 10.7. The SMILES string of the molecule is C=C(C)C(=O)OCC1CO1.C=C(CCC1CO1)C(=O)O. The molecule has 0 amide bonds. The van der Waals surface area contributed by atoms with Crippen LogP contribution in [0.5, 0.6) is 0 Å². The number of esters is 1. The van der Waals surface area contributed by atoms with Gasteiger partial charge in [0.15, 0.2) is 0 Å². The van der Waals surface area contributed by atoms with E-state index in [0.717, 1.165) is 13.0 Å². The molecule has 2 rings (SSSR count). The lowest BCUT2D eigenvalue weighted by Gasteiger charge is -1.99. The number of hydrogen-bond donors (Lipinski definition) is 1. The first-order chi connectivity index (χ1) is 9.40. The minimum absolute atomic E-state index is 0.142. The summed E-state index contributed by atoms with van der Waals surface area (Å²) >= 11 is 0. The van der Waals surface area contributed by atoms with Gasteiger partial charge in [0.2, 0.25) is 0 Å². The van der Waals surface area contributed by atoms with Crippen molar-refractivity contribution in [3.8, 4) is 0 Å². The fraction of sp³-hybridized carbons (Fsp3) is 0.571. The Kier molecular flexibility index (Phi) is 6.41. The second-order valence-corrected chi connectivity index (χ2v) is 4.74. The highest BCUT2D eigenvalue weighted by Crippen LogP contribution is 2.17. The van der Waals surface area contributed by atoms with E-state index in [1.807, 2.05) is 0 Å². The molecule has 2 unspecified atom stereocenters. The summed E-state index contributed by atoms with van der Waals surface area (Å²) in [5.41, 5.74) is 0.705. The van der Waals surface area contributed by atoms with Crippen molar-refractivity contribution in [1.82, 2.24) is 0 Å². The van der Waals surface area contributed by atoms with Gasteiger partial charge < -0.3 is 19.3 Å². The topological polar surface area (TPSA) is 88.7 Å². The van der Waals surface area contributed by atoms with Crippen LogP contribution in [0.2, 0.25) is 0 Å².